The molecule has 18 heavy (non-hydrogen) atoms. The van der Waals surface area contributed by atoms with Crippen molar-refractivity contribution in [3.8, 4) is 0 Å². The second kappa shape index (κ2) is 11.5. The molecule has 3 heteroatoms. The third-order valence-electron chi connectivity index (χ3n) is 3.12. The third kappa shape index (κ3) is 9.46. The van der Waals surface area contributed by atoms with E-state index in [4.69, 9.17) is 4.74 Å². The summed E-state index contributed by atoms with van der Waals surface area (Å²) in [5, 5.41) is 3.27. The highest BCUT2D eigenvalue weighted by Gasteiger charge is 2.18. The minimum Gasteiger partial charge on any atom is -0.468 e. The van der Waals surface area contributed by atoms with Crippen LogP contribution in [-0.4, -0.2) is 25.2 Å². The Morgan fingerprint density at radius 1 is 1.06 bits per heavy atom. The molecule has 3 nitrogen and oxygen atoms in total. The fourth-order valence-corrected chi connectivity index (χ4v) is 2.12. The largest absolute Gasteiger partial charge is 0.468 e. The van der Waals surface area contributed by atoms with Crippen LogP contribution in [0.3, 0.4) is 0 Å². The second-order valence-electron chi connectivity index (χ2n) is 5.31. The van der Waals surface area contributed by atoms with Gasteiger partial charge in [0.2, 0.25) is 0 Å². The van der Waals surface area contributed by atoms with Gasteiger partial charge in [-0.15, -0.1) is 0 Å². The number of hydrogen-bond donors (Lipinski definition) is 1. The van der Waals surface area contributed by atoms with Gasteiger partial charge in [-0.2, -0.15) is 0 Å². The Labute approximate surface area is 113 Å². The molecule has 0 bridgehead atoms. The lowest BCUT2D eigenvalue weighted by atomic mass is 10.0. The zero-order valence-electron chi connectivity index (χ0n) is 12.6. The molecule has 0 aliphatic rings. The van der Waals surface area contributed by atoms with E-state index in [0.29, 0.717) is 6.04 Å². The second-order valence-corrected chi connectivity index (χ2v) is 5.31. The van der Waals surface area contributed by atoms with E-state index in [1.807, 2.05) is 0 Å². The van der Waals surface area contributed by atoms with Gasteiger partial charge in [0.05, 0.1) is 7.11 Å². The van der Waals surface area contributed by atoms with Crippen LogP contribution in [0, 0.1) is 0 Å². The number of esters is 1. The van der Waals surface area contributed by atoms with E-state index in [2.05, 4.69) is 26.1 Å². The topological polar surface area (TPSA) is 38.3 Å². The summed E-state index contributed by atoms with van der Waals surface area (Å²) in [7, 11) is 1.46. The molecule has 0 heterocycles. The highest BCUT2D eigenvalue weighted by Crippen LogP contribution is 2.10. The van der Waals surface area contributed by atoms with Crippen molar-refractivity contribution in [3.63, 3.8) is 0 Å². The number of carbonyl (C=O) groups excluding carboxylic acids is 1. The van der Waals surface area contributed by atoms with E-state index in [1.54, 1.807) is 0 Å². The van der Waals surface area contributed by atoms with Crippen LogP contribution in [-0.2, 0) is 9.53 Å². The summed E-state index contributed by atoms with van der Waals surface area (Å²) in [5.41, 5.74) is 0. The van der Waals surface area contributed by atoms with Gasteiger partial charge in [0.15, 0.2) is 0 Å². The van der Waals surface area contributed by atoms with Crippen molar-refractivity contribution in [3.05, 3.63) is 0 Å². The maximum atomic E-state index is 11.6. The van der Waals surface area contributed by atoms with Crippen molar-refractivity contribution in [1.82, 2.24) is 5.32 Å². The van der Waals surface area contributed by atoms with Crippen LogP contribution in [0.25, 0.3) is 0 Å². The lowest BCUT2D eigenvalue weighted by Gasteiger charge is -2.18. The summed E-state index contributed by atoms with van der Waals surface area (Å²) in [5.74, 6) is -0.130. The average Bonchev–Trinajstić information content (AvgIpc) is 2.34. The summed E-state index contributed by atoms with van der Waals surface area (Å²) in [6.07, 6.45) is 9.81. The molecule has 1 unspecified atom stereocenters. The first-order valence-electron chi connectivity index (χ1n) is 7.45. The Hall–Kier alpha value is -0.570. The van der Waals surface area contributed by atoms with E-state index >= 15 is 0 Å². The van der Waals surface area contributed by atoms with Gasteiger partial charge in [0.25, 0.3) is 0 Å². The van der Waals surface area contributed by atoms with Crippen LogP contribution in [0.1, 0.15) is 72.1 Å². The molecule has 0 aromatic carbocycles. The number of methoxy groups -OCH3 is 1. The van der Waals surface area contributed by atoms with E-state index in [9.17, 15) is 4.79 Å². The van der Waals surface area contributed by atoms with Gasteiger partial charge in [-0.1, -0.05) is 65.7 Å². The lowest BCUT2D eigenvalue weighted by molar-refractivity contribution is -0.143. The SMILES string of the molecule is CCCCCCCCCC(NC(C)C)C(=O)OC. The first-order valence-corrected chi connectivity index (χ1v) is 7.45. The molecule has 0 saturated carbocycles. The molecular formula is C15H31NO2. The van der Waals surface area contributed by atoms with E-state index in [-0.39, 0.29) is 12.0 Å². The Morgan fingerprint density at radius 3 is 2.11 bits per heavy atom. The maximum Gasteiger partial charge on any atom is 0.322 e. The monoisotopic (exact) mass is 257 g/mol. The van der Waals surface area contributed by atoms with Crippen LogP contribution < -0.4 is 5.32 Å². The van der Waals surface area contributed by atoms with Crippen LogP contribution in [0.15, 0.2) is 0 Å². The van der Waals surface area contributed by atoms with Crippen molar-refractivity contribution < 1.29 is 9.53 Å². The summed E-state index contributed by atoms with van der Waals surface area (Å²) in [4.78, 5) is 11.6. The third-order valence-corrected chi connectivity index (χ3v) is 3.12. The zero-order chi connectivity index (χ0) is 13.8. The molecule has 0 fully saturated rings. The van der Waals surface area contributed by atoms with E-state index in [0.717, 1.165) is 12.8 Å². The molecule has 0 aliphatic carbocycles. The Kier molecular flexibility index (Phi) is 11.2. The normalized spacial score (nSPS) is 12.7. The van der Waals surface area contributed by atoms with Crippen molar-refractivity contribution in [2.45, 2.75) is 84.2 Å². The highest BCUT2D eigenvalue weighted by atomic mass is 16.5. The van der Waals surface area contributed by atoms with Crippen molar-refractivity contribution >= 4 is 5.97 Å². The van der Waals surface area contributed by atoms with Gasteiger partial charge in [-0.05, 0) is 6.42 Å². The van der Waals surface area contributed by atoms with Crippen molar-refractivity contribution in [2.75, 3.05) is 7.11 Å². The Bertz CT molecular complexity index is 205. The first kappa shape index (κ1) is 17.4. The van der Waals surface area contributed by atoms with Gasteiger partial charge in [0, 0.05) is 6.04 Å². The van der Waals surface area contributed by atoms with Crippen molar-refractivity contribution in [1.29, 1.82) is 0 Å². The van der Waals surface area contributed by atoms with Gasteiger partial charge < -0.3 is 10.1 Å². The van der Waals surface area contributed by atoms with Crippen LogP contribution in [0.5, 0.6) is 0 Å². The van der Waals surface area contributed by atoms with Gasteiger partial charge >= 0.3 is 5.97 Å². The number of carbonyl (C=O) groups is 1. The number of unbranched alkanes of at least 4 members (excludes halogenated alkanes) is 6. The van der Waals surface area contributed by atoms with Crippen LogP contribution >= 0.6 is 0 Å². The van der Waals surface area contributed by atoms with Crippen LogP contribution in [0.4, 0.5) is 0 Å². The molecule has 0 aromatic rings. The van der Waals surface area contributed by atoms with Crippen LogP contribution in [0.2, 0.25) is 0 Å². The number of rotatable bonds is 11. The standard InChI is InChI=1S/C15H31NO2/c1-5-6-7-8-9-10-11-12-14(15(17)18-4)16-13(2)3/h13-14,16H,5-12H2,1-4H3. The van der Waals surface area contributed by atoms with Gasteiger partial charge in [-0.25, -0.2) is 0 Å². The molecule has 108 valence electrons. The molecule has 0 amide bonds. The Balaban J connectivity index is 3.66. The minimum absolute atomic E-state index is 0.130. The number of hydrogen-bond acceptors (Lipinski definition) is 3. The minimum atomic E-state index is -0.134. The first-order chi connectivity index (χ1) is 8.61. The fourth-order valence-electron chi connectivity index (χ4n) is 2.12. The summed E-state index contributed by atoms with van der Waals surface area (Å²) >= 11 is 0. The smallest absolute Gasteiger partial charge is 0.322 e. The molecule has 0 saturated heterocycles. The Morgan fingerprint density at radius 2 is 1.61 bits per heavy atom. The van der Waals surface area contributed by atoms with E-state index in [1.165, 1.54) is 45.6 Å². The summed E-state index contributed by atoms with van der Waals surface area (Å²) in [6, 6.07) is 0.185. The van der Waals surface area contributed by atoms with Crippen molar-refractivity contribution in [2.24, 2.45) is 0 Å². The molecule has 0 aliphatic heterocycles. The predicted molar refractivity (Wildman–Crippen MR) is 76.7 cm³/mol. The van der Waals surface area contributed by atoms with E-state index < -0.39 is 0 Å². The van der Waals surface area contributed by atoms with Gasteiger partial charge in [-0.3, -0.25) is 4.79 Å². The lowest BCUT2D eigenvalue weighted by Crippen LogP contribution is -2.41. The molecule has 1 N–H and O–H groups in total. The molecule has 0 rings (SSSR count). The summed E-state index contributed by atoms with van der Waals surface area (Å²) < 4.78 is 4.82. The molecule has 0 radical (unpaired) electrons. The molecule has 0 aromatic heterocycles. The zero-order valence-corrected chi connectivity index (χ0v) is 12.6. The summed E-state index contributed by atoms with van der Waals surface area (Å²) in [6.45, 7) is 6.35. The number of nitrogens with one attached hydrogen (secondary N) is 1. The molecular weight excluding hydrogens is 226 g/mol. The quantitative estimate of drug-likeness (QED) is 0.453. The predicted octanol–water partition coefficient (Wildman–Crippen LogP) is 3.67. The maximum absolute atomic E-state index is 11.6. The molecule has 1 atom stereocenters. The van der Waals surface area contributed by atoms with Gasteiger partial charge in [0.1, 0.15) is 6.04 Å². The number of ether oxygens (including phenoxy) is 1. The average molecular weight is 257 g/mol. The fraction of sp³-hybridized carbons (Fsp3) is 0.933. The molecule has 0 spiro atoms. The highest BCUT2D eigenvalue weighted by molar-refractivity contribution is 5.75.